The highest BCUT2D eigenvalue weighted by Gasteiger charge is 2.22. The Hall–Kier alpha value is -3.85. The van der Waals surface area contributed by atoms with Crippen LogP contribution >= 0.6 is 0 Å². The van der Waals surface area contributed by atoms with Gasteiger partial charge in [0.05, 0.1) is 23.3 Å². The summed E-state index contributed by atoms with van der Waals surface area (Å²) in [6.45, 7) is 3.31. The maximum absolute atomic E-state index is 12.7. The maximum Gasteiger partial charge on any atom is 0.338 e. The number of ether oxygens (including phenoxy) is 2. The first-order valence-corrected chi connectivity index (χ1v) is 11.5. The largest absolute Gasteiger partial charge is 0.495 e. The number of anilines is 2. The van der Waals surface area contributed by atoms with Crippen LogP contribution in [0.1, 0.15) is 22.8 Å². The monoisotopic (exact) mass is 468 g/mol. The zero-order valence-corrected chi connectivity index (χ0v) is 19.2. The zero-order valence-electron chi connectivity index (χ0n) is 18.4. The number of methoxy groups -OCH3 is 1. The van der Waals surface area contributed by atoms with Crippen LogP contribution in [0.5, 0.6) is 5.75 Å². The first kappa shape index (κ1) is 23.8. The molecule has 0 aliphatic carbocycles. The number of sulfonamides is 1. The molecular formula is C24H24N2O6S. The Morgan fingerprint density at radius 1 is 0.939 bits per heavy atom. The highest BCUT2D eigenvalue weighted by molar-refractivity contribution is 7.92. The van der Waals surface area contributed by atoms with Crippen LogP contribution in [0.2, 0.25) is 0 Å². The molecule has 3 rings (SSSR count). The van der Waals surface area contributed by atoms with Crippen molar-refractivity contribution in [2.75, 3.05) is 17.1 Å². The van der Waals surface area contributed by atoms with E-state index in [0.29, 0.717) is 17.1 Å². The molecule has 33 heavy (non-hydrogen) atoms. The van der Waals surface area contributed by atoms with Gasteiger partial charge in [-0.2, -0.15) is 0 Å². The number of carbonyl (C=O) groups excluding carboxylic acids is 2. The van der Waals surface area contributed by atoms with Crippen LogP contribution in [-0.2, 0) is 19.6 Å². The SMILES string of the molecule is COc1ccccc1NC(=O)C(C)OC(=O)c1cccc(S(=O)(=O)Nc2ccc(C)cc2)c1. The van der Waals surface area contributed by atoms with E-state index in [-0.39, 0.29) is 10.5 Å². The number of para-hydroxylation sites is 2. The van der Waals surface area contributed by atoms with E-state index >= 15 is 0 Å². The second-order valence-electron chi connectivity index (χ2n) is 7.24. The van der Waals surface area contributed by atoms with Gasteiger partial charge in [-0.1, -0.05) is 35.9 Å². The molecule has 9 heteroatoms. The topological polar surface area (TPSA) is 111 Å². The lowest BCUT2D eigenvalue weighted by molar-refractivity contribution is -0.123. The standard InChI is InChI=1S/C24H24N2O6S/c1-16-11-13-19(14-12-16)26-33(29,30)20-8-6-7-18(15-20)24(28)32-17(2)23(27)25-21-9-4-5-10-22(21)31-3/h4-15,17,26H,1-3H3,(H,25,27). The number of esters is 1. The molecule has 1 amide bonds. The van der Waals surface area contributed by atoms with Gasteiger partial charge in [0.25, 0.3) is 15.9 Å². The van der Waals surface area contributed by atoms with Gasteiger partial charge in [0, 0.05) is 5.69 Å². The van der Waals surface area contributed by atoms with Crippen LogP contribution in [0, 0.1) is 6.92 Å². The summed E-state index contributed by atoms with van der Waals surface area (Å²) in [4.78, 5) is 24.9. The van der Waals surface area contributed by atoms with E-state index in [4.69, 9.17) is 9.47 Å². The van der Waals surface area contributed by atoms with Crippen LogP contribution in [0.3, 0.4) is 0 Å². The molecule has 172 valence electrons. The molecule has 8 nitrogen and oxygen atoms in total. The number of aryl methyl sites for hydroxylation is 1. The van der Waals surface area contributed by atoms with E-state index < -0.39 is 28.0 Å². The third-order valence-electron chi connectivity index (χ3n) is 4.70. The molecule has 0 aliphatic heterocycles. The van der Waals surface area contributed by atoms with Crippen molar-refractivity contribution >= 4 is 33.3 Å². The molecule has 0 fully saturated rings. The van der Waals surface area contributed by atoms with Gasteiger partial charge in [-0.05, 0) is 56.3 Å². The molecule has 0 aromatic heterocycles. The summed E-state index contributed by atoms with van der Waals surface area (Å²) in [7, 11) is -2.45. The van der Waals surface area contributed by atoms with Gasteiger partial charge in [0.2, 0.25) is 0 Å². The molecule has 0 spiro atoms. The lowest BCUT2D eigenvalue weighted by Crippen LogP contribution is -2.30. The van der Waals surface area contributed by atoms with Crippen molar-refractivity contribution in [3.63, 3.8) is 0 Å². The number of carbonyl (C=O) groups is 2. The fourth-order valence-corrected chi connectivity index (χ4v) is 3.99. The number of hydrogen-bond donors (Lipinski definition) is 2. The van der Waals surface area contributed by atoms with Gasteiger partial charge >= 0.3 is 5.97 Å². The summed E-state index contributed by atoms with van der Waals surface area (Å²) in [5.41, 5.74) is 1.82. The molecule has 1 unspecified atom stereocenters. The van der Waals surface area contributed by atoms with E-state index in [2.05, 4.69) is 10.0 Å². The fourth-order valence-electron chi connectivity index (χ4n) is 2.89. The molecule has 0 radical (unpaired) electrons. The summed E-state index contributed by atoms with van der Waals surface area (Å²) in [6.07, 6.45) is -1.13. The molecule has 0 aliphatic rings. The van der Waals surface area contributed by atoms with E-state index in [9.17, 15) is 18.0 Å². The number of rotatable bonds is 8. The average molecular weight is 469 g/mol. The summed E-state index contributed by atoms with van der Waals surface area (Å²) in [6, 6.07) is 19.1. The van der Waals surface area contributed by atoms with Gasteiger partial charge in [0.1, 0.15) is 5.75 Å². The van der Waals surface area contributed by atoms with Gasteiger partial charge < -0.3 is 14.8 Å². The minimum Gasteiger partial charge on any atom is -0.495 e. The van der Waals surface area contributed by atoms with Gasteiger partial charge in [0.15, 0.2) is 6.10 Å². The Labute approximate surface area is 192 Å². The third kappa shape index (κ3) is 6.11. The van der Waals surface area contributed by atoms with Crippen LogP contribution in [0.25, 0.3) is 0 Å². The van der Waals surface area contributed by atoms with Gasteiger partial charge in [-0.25, -0.2) is 13.2 Å². The number of benzene rings is 3. The molecule has 3 aromatic carbocycles. The number of hydrogen-bond acceptors (Lipinski definition) is 6. The summed E-state index contributed by atoms with van der Waals surface area (Å²) in [5.74, 6) is -0.925. The molecular weight excluding hydrogens is 444 g/mol. The predicted octanol–water partition coefficient (Wildman–Crippen LogP) is 3.99. The quantitative estimate of drug-likeness (QED) is 0.484. The van der Waals surface area contributed by atoms with E-state index in [0.717, 1.165) is 5.56 Å². The van der Waals surface area contributed by atoms with Crippen LogP contribution < -0.4 is 14.8 Å². The minimum atomic E-state index is -3.93. The number of amides is 1. The Bertz CT molecular complexity index is 1260. The van der Waals surface area contributed by atoms with Crippen LogP contribution in [0.4, 0.5) is 11.4 Å². The molecule has 0 bridgehead atoms. The summed E-state index contributed by atoms with van der Waals surface area (Å²) >= 11 is 0. The van der Waals surface area contributed by atoms with Crippen molar-refractivity contribution in [3.05, 3.63) is 83.9 Å². The van der Waals surface area contributed by atoms with Crippen molar-refractivity contribution in [1.29, 1.82) is 0 Å². The van der Waals surface area contributed by atoms with Crippen molar-refractivity contribution in [3.8, 4) is 5.75 Å². The van der Waals surface area contributed by atoms with E-state index in [1.165, 1.54) is 38.3 Å². The Kier molecular flexibility index (Phi) is 7.34. The number of nitrogens with one attached hydrogen (secondary N) is 2. The minimum absolute atomic E-state index is 0.00118. The van der Waals surface area contributed by atoms with Gasteiger partial charge in [-0.15, -0.1) is 0 Å². The molecule has 0 saturated heterocycles. The maximum atomic E-state index is 12.7. The van der Waals surface area contributed by atoms with Gasteiger partial charge in [-0.3, -0.25) is 9.52 Å². The molecule has 1 atom stereocenters. The normalized spacial score (nSPS) is 11.8. The highest BCUT2D eigenvalue weighted by atomic mass is 32.2. The summed E-state index contributed by atoms with van der Waals surface area (Å²) in [5, 5.41) is 2.64. The average Bonchev–Trinajstić information content (AvgIpc) is 2.80. The van der Waals surface area contributed by atoms with Crippen LogP contribution in [-0.4, -0.2) is 33.5 Å². The lowest BCUT2D eigenvalue weighted by atomic mass is 10.2. The predicted molar refractivity (Wildman–Crippen MR) is 125 cm³/mol. The second-order valence-corrected chi connectivity index (χ2v) is 8.92. The smallest absolute Gasteiger partial charge is 0.338 e. The second kappa shape index (κ2) is 10.2. The Morgan fingerprint density at radius 2 is 1.64 bits per heavy atom. The first-order chi connectivity index (χ1) is 15.7. The first-order valence-electron chi connectivity index (χ1n) is 10.0. The molecule has 2 N–H and O–H groups in total. The molecule has 0 saturated carbocycles. The lowest BCUT2D eigenvalue weighted by Gasteiger charge is -2.15. The van der Waals surface area contributed by atoms with Crippen molar-refractivity contribution in [2.45, 2.75) is 24.8 Å². The molecule has 0 heterocycles. The zero-order chi connectivity index (χ0) is 24.0. The summed E-state index contributed by atoms with van der Waals surface area (Å²) < 4.78 is 38.3. The van der Waals surface area contributed by atoms with Crippen molar-refractivity contribution < 1.29 is 27.5 Å². The van der Waals surface area contributed by atoms with E-state index in [1.807, 2.05) is 6.92 Å². The fraction of sp³-hybridized carbons (Fsp3) is 0.167. The highest BCUT2D eigenvalue weighted by Crippen LogP contribution is 2.23. The van der Waals surface area contributed by atoms with Crippen LogP contribution in [0.15, 0.2) is 77.7 Å². The van der Waals surface area contributed by atoms with E-state index in [1.54, 1.807) is 48.5 Å². The Balaban J connectivity index is 1.69. The third-order valence-corrected chi connectivity index (χ3v) is 6.08. The molecule has 3 aromatic rings. The van der Waals surface area contributed by atoms with Crippen molar-refractivity contribution in [2.24, 2.45) is 0 Å². The van der Waals surface area contributed by atoms with Crippen molar-refractivity contribution in [1.82, 2.24) is 0 Å². The Morgan fingerprint density at radius 3 is 2.33 bits per heavy atom.